The van der Waals surface area contributed by atoms with E-state index in [0.717, 1.165) is 0 Å². The number of carbonyl (C=O) groups excluding carboxylic acids is 3. The van der Waals surface area contributed by atoms with Crippen molar-refractivity contribution in [3.8, 4) is 0 Å². The Kier molecular flexibility index (Phi) is 7.75. The zero-order valence-electron chi connectivity index (χ0n) is 17.6. The van der Waals surface area contributed by atoms with E-state index in [4.69, 9.17) is 14.2 Å². The molecule has 5 atom stereocenters. The van der Waals surface area contributed by atoms with Crippen molar-refractivity contribution in [3.05, 3.63) is 47.1 Å². The van der Waals surface area contributed by atoms with Gasteiger partial charge in [-0.25, -0.2) is 9.59 Å². The molecule has 2 N–H and O–H groups in total. The predicted molar refractivity (Wildman–Crippen MR) is 107 cm³/mol. The normalized spacial score (nSPS) is 29.9. The third-order valence-electron chi connectivity index (χ3n) is 5.28. The van der Waals surface area contributed by atoms with Gasteiger partial charge in [0, 0.05) is 24.5 Å². The van der Waals surface area contributed by atoms with Crippen molar-refractivity contribution in [2.24, 2.45) is 5.92 Å². The first kappa shape index (κ1) is 23.6. The SMILES string of the molecule is C=C1C(=O)OC2C=C(C)C(OC(C)=O)CC(O)C(CO)=CC(OC(=O)C(C)=CC)C12. The summed E-state index contributed by atoms with van der Waals surface area (Å²) in [5.74, 6) is -2.55. The van der Waals surface area contributed by atoms with Gasteiger partial charge >= 0.3 is 17.9 Å². The maximum Gasteiger partial charge on any atom is 0.334 e. The van der Waals surface area contributed by atoms with Crippen LogP contribution in [0.1, 0.15) is 34.1 Å². The van der Waals surface area contributed by atoms with Gasteiger partial charge in [-0.2, -0.15) is 0 Å². The van der Waals surface area contributed by atoms with Crippen LogP contribution in [0.25, 0.3) is 0 Å². The molecule has 1 aliphatic heterocycles. The van der Waals surface area contributed by atoms with Crippen molar-refractivity contribution in [1.29, 1.82) is 0 Å². The van der Waals surface area contributed by atoms with Crippen molar-refractivity contribution >= 4 is 17.9 Å². The van der Waals surface area contributed by atoms with E-state index in [1.54, 1.807) is 32.9 Å². The van der Waals surface area contributed by atoms with E-state index >= 15 is 0 Å². The number of esters is 3. The van der Waals surface area contributed by atoms with Crippen LogP contribution in [0.4, 0.5) is 0 Å². The van der Waals surface area contributed by atoms with Crippen LogP contribution in [0.2, 0.25) is 0 Å². The molecule has 1 fully saturated rings. The number of hydrogen-bond acceptors (Lipinski definition) is 8. The third-order valence-corrected chi connectivity index (χ3v) is 5.28. The summed E-state index contributed by atoms with van der Waals surface area (Å²) in [6.07, 6.45) is 0.803. The van der Waals surface area contributed by atoms with Gasteiger partial charge in [0.05, 0.1) is 18.6 Å². The van der Waals surface area contributed by atoms with E-state index < -0.39 is 54.8 Å². The highest BCUT2D eigenvalue weighted by molar-refractivity contribution is 5.92. The quantitative estimate of drug-likeness (QED) is 0.304. The molecule has 30 heavy (non-hydrogen) atoms. The molecule has 0 spiro atoms. The Bertz CT molecular complexity index is 819. The first-order valence-corrected chi connectivity index (χ1v) is 9.67. The second-order valence-electron chi connectivity index (χ2n) is 7.42. The van der Waals surface area contributed by atoms with E-state index in [-0.39, 0.29) is 17.6 Å². The molecule has 0 radical (unpaired) electrons. The maximum absolute atomic E-state index is 12.4. The van der Waals surface area contributed by atoms with Crippen LogP contribution in [-0.4, -0.2) is 59.1 Å². The third kappa shape index (κ3) is 5.25. The van der Waals surface area contributed by atoms with Gasteiger partial charge in [-0.05, 0) is 44.1 Å². The average Bonchev–Trinajstić information content (AvgIpc) is 2.95. The van der Waals surface area contributed by atoms with Gasteiger partial charge in [0.1, 0.15) is 18.3 Å². The molecule has 1 saturated heterocycles. The molecule has 5 unspecified atom stereocenters. The maximum atomic E-state index is 12.4. The Balaban J connectivity index is 2.56. The number of fused-ring (bicyclic) bond motifs is 1. The van der Waals surface area contributed by atoms with E-state index in [9.17, 15) is 24.6 Å². The summed E-state index contributed by atoms with van der Waals surface area (Å²) in [6.45, 7) is 9.47. The summed E-state index contributed by atoms with van der Waals surface area (Å²) in [5.41, 5.74) is 1.19. The van der Waals surface area contributed by atoms with E-state index in [0.29, 0.717) is 11.1 Å². The number of carbonyl (C=O) groups is 3. The molecule has 0 aromatic rings. The minimum Gasteiger partial charge on any atom is -0.458 e. The van der Waals surface area contributed by atoms with Crippen molar-refractivity contribution in [2.75, 3.05) is 6.61 Å². The number of aliphatic hydroxyl groups is 2. The van der Waals surface area contributed by atoms with Gasteiger partial charge in [-0.15, -0.1) is 0 Å². The molecule has 2 rings (SSSR count). The smallest absolute Gasteiger partial charge is 0.334 e. The topological polar surface area (TPSA) is 119 Å². The predicted octanol–water partition coefficient (Wildman–Crippen LogP) is 1.52. The Labute approximate surface area is 175 Å². The number of hydrogen-bond donors (Lipinski definition) is 2. The average molecular weight is 420 g/mol. The molecular weight excluding hydrogens is 392 g/mol. The number of allylic oxidation sites excluding steroid dienone is 1. The highest BCUT2D eigenvalue weighted by Crippen LogP contribution is 2.36. The van der Waals surface area contributed by atoms with Crippen LogP contribution in [-0.2, 0) is 28.6 Å². The Morgan fingerprint density at radius 3 is 2.53 bits per heavy atom. The summed E-state index contributed by atoms with van der Waals surface area (Å²) >= 11 is 0. The lowest BCUT2D eigenvalue weighted by atomic mass is 9.85. The summed E-state index contributed by atoms with van der Waals surface area (Å²) in [6, 6.07) is 0. The second kappa shape index (κ2) is 9.86. The van der Waals surface area contributed by atoms with Crippen LogP contribution < -0.4 is 0 Å². The molecular formula is C22H28O8. The molecule has 1 aliphatic carbocycles. The van der Waals surface area contributed by atoms with Crippen LogP contribution >= 0.6 is 0 Å². The molecule has 0 amide bonds. The van der Waals surface area contributed by atoms with Crippen LogP contribution in [0.3, 0.4) is 0 Å². The lowest BCUT2D eigenvalue weighted by Gasteiger charge is -2.29. The fraction of sp³-hybridized carbons (Fsp3) is 0.500. The zero-order valence-corrected chi connectivity index (χ0v) is 17.6. The largest absolute Gasteiger partial charge is 0.458 e. The standard InChI is InChI=1S/C22H28O8/c1-6-11(2)21(26)29-19-8-15(10-23)16(25)9-17(28-14(5)24)12(3)7-18-20(19)13(4)22(27)30-18/h6-8,16-20,23,25H,4,9-10H2,1-3,5H3. The van der Waals surface area contributed by atoms with Crippen LogP contribution in [0.15, 0.2) is 47.1 Å². The molecule has 8 heteroatoms. The fourth-order valence-corrected chi connectivity index (χ4v) is 3.40. The summed E-state index contributed by atoms with van der Waals surface area (Å²) in [7, 11) is 0. The Morgan fingerprint density at radius 2 is 1.97 bits per heavy atom. The lowest BCUT2D eigenvalue weighted by Crippen LogP contribution is -2.35. The molecule has 0 saturated carbocycles. The van der Waals surface area contributed by atoms with Gasteiger partial charge in [0.25, 0.3) is 0 Å². The van der Waals surface area contributed by atoms with Crippen molar-refractivity contribution in [1.82, 2.24) is 0 Å². The molecule has 2 aliphatic rings. The van der Waals surface area contributed by atoms with Crippen molar-refractivity contribution < 1.29 is 38.8 Å². The molecule has 1 heterocycles. The Morgan fingerprint density at radius 1 is 1.30 bits per heavy atom. The molecule has 164 valence electrons. The van der Waals surface area contributed by atoms with E-state index in [1.165, 1.54) is 13.0 Å². The summed E-state index contributed by atoms with van der Waals surface area (Å²) < 4.78 is 16.3. The van der Waals surface area contributed by atoms with E-state index in [2.05, 4.69) is 6.58 Å². The second-order valence-corrected chi connectivity index (χ2v) is 7.42. The number of aliphatic hydroxyl groups excluding tert-OH is 2. The molecule has 0 aromatic heterocycles. The zero-order chi connectivity index (χ0) is 22.6. The Hall–Kier alpha value is -2.71. The lowest BCUT2D eigenvalue weighted by molar-refractivity contribution is -0.147. The fourth-order valence-electron chi connectivity index (χ4n) is 3.40. The minimum atomic E-state index is -1.17. The monoisotopic (exact) mass is 420 g/mol. The van der Waals surface area contributed by atoms with Gasteiger partial charge in [-0.1, -0.05) is 12.7 Å². The van der Waals surface area contributed by atoms with Gasteiger partial charge in [0.2, 0.25) is 0 Å². The highest BCUT2D eigenvalue weighted by Gasteiger charge is 2.44. The van der Waals surface area contributed by atoms with Gasteiger partial charge < -0.3 is 24.4 Å². The van der Waals surface area contributed by atoms with Crippen molar-refractivity contribution in [3.63, 3.8) is 0 Å². The summed E-state index contributed by atoms with van der Waals surface area (Å²) in [5, 5.41) is 20.5. The first-order valence-electron chi connectivity index (χ1n) is 9.67. The minimum absolute atomic E-state index is 0.0187. The highest BCUT2D eigenvalue weighted by atomic mass is 16.6. The molecule has 0 bridgehead atoms. The van der Waals surface area contributed by atoms with Gasteiger partial charge in [0.15, 0.2) is 0 Å². The van der Waals surface area contributed by atoms with Crippen molar-refractivity contribution in [2.45, 2.75) is 58.5 Å². The molecule has 0 aromatic carbocycles. The van der Waals surface area contributed by atoms with Crippen LogP contribution in [0.5, 0.6) is 0 Å². The molecule has 8 nitrogen and oxygen atoms in total. The number of rotatable bonds is 4. The van der Waals surface area contributed by atoms with E-state index in [1.807, 2.05) is 0 Å². The van der Waals surface area contributed by atoms with Gasteiger partial charge in [-0.3, -0.25) is 4.79 Å². The number of ether oxygens (including phenoxy) is 3. The van der Waals surface area contributed by atoms with Crippen LogP contribution in [0, 0.1) is 5.92 Å². The first-order chi connectivity index (χ1) is 14.1. The summed E-state index contributed by atoms with van der Waals surface area (Å²) in [4.78, 5) is 36.2.